The maximum Gasteiger partial charge on any atom is 0.305 e. The summed E-state index contributed by atoms with van der Waals surface area (Å²) >= 11 is 0. The minimum Gasteiger partial charge on any atom is -0.466 e. The third-order valence-corrected chi connectivity index (χ3v) is 8.95. The first kappa shape index (κ1) is 39.9. The smallest absolute Gasteiger partial charge is 0.305 e. The molecule has 0 aromatic rings. The normalized spacial score (nSPS) is 12.8. The van der Waals surface area contributed by atoms with Gasteiger partial charge in [0.25, 0.3) is 0 Å². The number of unbranched alkanes of at least 4 members (excludes halogenated alkanes) is 19. The lowest BCUT2D eigenvalue weighted by Gasteiger charge is -2.28. The Morgan fingerprint density at radius 1 is 0.439 bits per heavy atom. The summed E-state index contributed by atoms with van der Waals surface area (Å²) in [6.07, 6.45) is 33.0. The van der Waals surface area contributed by atoms with Gasteiger partial charge in [0.05, 0.1) is 13.2 Å². The molecule has 0 bridgehead atoms. The predicted molar refractivity (Wildman–Crippen MR) is 176 cm³/mol. The largest absolute Gasteiger partial charge is 0.466 e. The second-order valence-electron chi connectivity index (χ2n) is 13.0. The Kier molecular flexibility index (Phi) is 29.6. The van der Waals surface area contributed by atoms with Crippen LogP contribution in [0.5, 0.6) is 0 Å². The van der Waals surface area contributed by atoms with Gasteiger partial charge in [-0.15, -0.1) is 0 Å². The van der Waals surface area contributed by atoms with E-state index in [4.69, 9.17) is 9.47 Å². The summed E-state index contributed by atoms with van der Waals surface area (Å²) in [5.41, 5.74) is 0.453. The Morgan fingerprint density at radius 2 is 0.756 bits per heavy atom. The van der Waals surface area contributed by atoms with Gasteiger partial charge >= 0.3 is 11.9 Å². The monoisotopic (exact) mass is 581 g/mol. The van der Waals surface area contributed by atoms with E-state index in [1.165, 1.54) is 116 Å². The van der Waals surface area contributed by atoms with E-state index in [0.717, 1.165) is 51.4 Å². The molecule has 0 saturated heterocycles. The SMILES string of the molecule is CCCCCCCCCC(=O)OCCCCCCCC(C)(CC)CCCCCCOC(=O)CCCCCCCCC. The van der Waals surface area contributed by atoms with E-state index in [0.29, 0.717) is 31.5 Å². The predicted octanol–water partition coefficient (Wildman–Crippen LogP) is 12.1. The number of esters is 2. The maximum absolute atomic E-state index is 11.9. The Labute approximate surface area is 256 Å². The van der Waals surface area contributed by atoms with Crippen molar-refractivity contribution in [2.75, 3.05) is 13.2 Å². The van der Waals surface area contributed by atoms with Crippen molar-refractivity contribution in [2.45, 2.75) is 207 Å². The highest BCUT2D eigenvalue weighted by atomic mass is 16.5. The molecule has 4 heteroatoms. The van der Waals surface area contributed by atoms with Crippen molar-refractivity contribution in [2.24, 2.45) is 5.41 Å². The number of rotatable bonds is 32. The van der Waals surface area contributed by atoms with E-state index in [2.05, 4.69) is 27.7 Å². The van der Waals surface area contributed by atoms with Gasteiger partial charge in [-0.05, 0) is 43.9 Å². The summed E-state index contributed by atoms with van der Waals surface area (Å²) in [4.78, 5) is 23.8. The Morgan fingerprint density at radius 3 is 1.12 bits per heavy atom. The van der Waals surface area contributed by atoms with Crippen molar-refractivity contribution in [1.29, 1.82) is 0 Å². The highest BCUT2D eigenvalue weighted by Gasteiger charge is 2.20. The summed E-state index contributed by atoms with van der Waals surface area (Å²) in [6, 6.07) is 0. The van der Waals surface area contributed by atoms with Crippen LogP contribution < -0.4 is 0 Å². The van der Waals surface area contributed by atoms with Crippen molar-refractivity contribution in [3.05, 3.63) is 0 Å². The number of hydrogen-bond acceptors (Lipinski definition) is 4. The molecule has 0 aromatic heterocycles. The van der Waals surface area contributed by atoms with Gasteiger partial charge in [-0.3, -0.25) is 9.59 Å². The van der Waals surface area contributed by atoms with Gasteiger partial charge in [0.2, 0.25) is 0 Å². The fourth-order valence-electron chi connectivity index (χ4n) is 5.64. The molecular weight excluding hydrogens is 508 g/mol. The number of carbonyl (C=O) groups excluding carboxylic acids is 2. The van der Waals surface area contributed by atoms with Crippen molar-refractivity contribution >= 4 is 11.9 Å². The highest BCUT2D eigenvalue weighted by molar-refractivity contribution is 5.69. The van der Waals surface area contributed by atoms with Gasteiger partial charge in [0.1, 0.15) is 0 Å². The Bertz CT molecular complexity index is 575. The fraction of sp³-hybridized carbons (Fsp3) is 0.946. The summed E-state index contributed by atoms with van der Waals surface area (Å²) in [6.45, 7) is 10.5. The topological polar surface area (TPSA) is 52.6 Å². The molecule has 0 N–H and O–H groups in total. The molecule has 0 aliphatic rings. The van der Waals surface area contributed by atoms with Crippen LogP contribution in [0.1, 0.15) is 207 Å². The van der Waals surface area contributed by atoms with Crippen LogP contribution in [-0.4, -0.2) is 25.2 Å². The molecule has 0 heterocycles. The average Bonchev–Trinajstić information content (AvgIpc) is 2.97. The molecule has 244 valence electrons. The molecule has 0 fully saturated rings. The van der Waals surface area contributed by atoms with Crippen molar-refractivity contribution in [3.63, 3.8) is 0 Å². The molecule has 0 aliphatic carbocycles. The molecule has 1 unspecified atom stereocenters. The molecule has 0 radical (unpaired) electrons. The van der Waals surface area contributed by atoms with Gasteiger partial charge < -0.3 is 9.47 Å². The van der Waals surface area contributed by atoms with E-state index in [-0.39, 0.29) is 11.9 Å². The minimum absolute atomic E-state index is 0.00270. The third kappa shape index (κ3) is 28.8. The molecular formula is C37H72O4. The van der Waals surface area contributed by atoms with Crippen LogP contribution in [0.3, 0.4) is 0 Å². The lowest BCUT2D eigenvalue weighted by Crippen LogP contribution is -2.15. The molecule has 0 saturated carbocycles. The van der Waals surface area contributed by atoms with Crippen LogP contribution in [-0.2, 0) is 19.1 Å². The molecule has 0 aliphatic heterocycles. The number of carbonyl (C=O) groups is 2. The van der Waals surface area contributed by atoms with Crippen molar-refractivity contribution in [1.82, 2.24) is 0 Å². The molecule has 41 heavy (non-hydrogen) atoms. The summed E-state index contributed by atoms with van der Waals surface area (Å²) in [5, 5.41) is 0. The molecule has 4 nitrogen and oxygen atoms in total. The fourth-order valence-corrected chi connectivity index (χ4v) is 5.64. The molecule has 0 rings (SSSR count). The van der Waals surface area contributed by atoms with Gasteiger partial charge in [-0.1, -0.05) is 156 Å². The van der Waals surface area contributed by atoms with E-state index in [1.54, 1.807) is 0 Å². The maximum atomic E-state index is 11.9. The zero-order valence-electron chi connectivity index (χ0n) is 28.3. The second kappa shape index (κ2) is 30.4. The highest BCUT2D eigenvalue weighted by Crippen LogP contribution is 2.34. The first-order valence-corrected chi connectivity index (χ1v) is 18.3. The molecule has 0 amide bonds. The first-order valence-electron chi connectivity index (χ1n) is 18.3. The van der Waals surface area contributed by atoms with Gasteiger partial charge in [0.15, 0.2) is 0 Å². The number of hydrogen-bond donors (Lipinski definition) is 0. The van der Waals surface area contributed by atoms with E-state index in [9.17, 15) is 9.59 Å². The third-order valence-electron chi connectivity index (χ3n) is 8.95. The molecule has 0 aromatic carbocycles. The van der Waals surface area contributed by atoms with Crippen LogP contribution in [0.2, 0.25) is 0 Å². The van der Waals surface area contributed by atoms with E-state index < -0.39 is 0 Å². The Hall–Kier alpha value is -1.06. The lowest BCUT2D eigenvalue weighted by molar-refractivity contribution is -0.144. The van der Waals surface area contributed by atoms with Crippen molar-refractivity contribution in [3.8, 4) is 0 Å². The second-order valence-corrected chi connectivity index (χ2v) is 13.0. The summed E-state index contributed by atoms with van der Waals surface area (Å²) < 4.78 is 10.9. The summed E-state index contributed by atoms with van der Waals surface area (Å²) in [7, 11) is 0. The van der Waals surface area contributed by atoms with Crippen LogP contribution in [0.4, 0.5) is 0 Å². The first-order chi connectivity index (χ1) is 20.0. The quantitative estimate of drug-likeness (QED) is 0.0586. The van der Waals surface area contributed by atoms with Crippen molar-refractivity contribution < 1.29 is 19.1 Å². The van der Waals surface area contributed by atoms with Gasteiger partial charge in [-0.2, -0.15) is 0 Å². The van der Waals surface area contributed by atoms with Crippen LogP contribution in [0.25, 0.3) is 0 Å². The lowest BCUT2D eigenvalue weighted by atomic mass is 9.77. The van der Waals surface area contributed by atoms with Crippen LogP contribution in [0, 0.1) is 5.41 Å². The Balaban J connectivity index is 3.57. The summed E-state index contributed by atoms with van der Waals surface area (Å²) in [5.74, 6) is -0.00554. The minimum atomic E-state index is -0.00284. The molecule has 1 atom stereocenters. The zero-order chi connectivity index (χ0) is 30.3. The molecule has 0 spiro atoms. The van der Waals surface area contributed by atoms with Crippen LogP contribution in [0.15, 0.2) is 0 Å². The standard InChI is InChI=1S/C37H72O4/c1-5-8-10-12-14-17-23-29-35(38)40-33-27-21-16-19-25-31-37(4,7-3)32-26-20-22-28-34-41-36(39)30-24-18-15-13-11-9-6-2/h5-34H2,1-4H3. The zero-order valence-corrected chi connectivity index (χ0v) is 28.3. The average molecular weight is 581 g/mol. The van der Waals surface area contributed by atoms with E-state index in [1.807, 2.05) is 0 Å². The number of ether oxygens (including phenoxy) is 2. The van der Waals surface area contributed by atoms with Crippen LogP contribution >= 0.6 is 0 Å². The van der Waals surface area contributed by atoms with E-state index >= 15 is 0 Å². The van der Waals surface area contributed by atoms with Gasteiger partial charge in [0, 0.05) is 12.8 Å². The van der Waals surface area contributed by atoms with Gasteiger partial charge in [-0.25, -0.2) is 0 Å².